The monoisotopic (exact) mass is 248 g/mol. The Morgan fingerprint density at radius 1 is 1.56 bits per heavy atom. The third-order valence-electron chi connectivity index (χ3n) is 3.10. The van der Waals surface area contributed by atoms with Gasteiger partial charge in [0.1, 0.15) is 5.69 Å². The van der Waals surface area contributed by atoms with Crippen LogP contribution in [0.2, 0.25) is 0 Å². The van der Waals surface area contributed by atoms with E-state index in [1.807, 2.05) is 13.0 Å². The summed E-state index contributed by atoms with van der Waals surface area (Å²) in [5.74, 6) is -0.0849. The summed E-state index contributed by atoms with van der Waals surface area (Å²) in [6.07, 6.45) is 2.71. The Hall–Kier alpha value is -1.62. The molecule has 1 aromatic heterocycles. The molecular formula is C13H20N4O. The third-order valence-corrected chi connectivity index (χ3v) is 3.10. The van der Waals surface area contributed by atoms with Crippen molar-refractivity contribution in [2.75, 3.05) is 32.0 Å². The molecule has 5 nitrogen and oxygen atoms in total. The molecule has 2 N–H and O–H groups in total. The van der Waals surface area contributed by atoms with E-state index in [-0.39, 0.29) is 11.9 Å². The Bertz CT molecular complexity index is 404. The van der Waals surface area contributed by atoms with Gasteiger partial charge in [0.15, 0.2) is 0 Å². The number of carbonyl (C=O) groups is 1. The lowest BCUT2D eigenvalue weighted by molar-refractivity contribution is 0.0933. The highest BCUT2D eigenvalue weighted by Gasteiger charge is 2.21. The van der Waals surface area contributed by atoms with Gasteiger partial charge in [0, 0.05) is 19.1 Å². The molecule has 0 bridgehead atoms. The van der Waals surface area contributed by atoms with Gasteiger partial charge in [-0.25, -0.2) is 4.98 Å². The second kappa shape index (κ2) is 5.82. The second-order valence-electron chi connectivity index (χ2n) is 4.68. The molecule has 5 heteroatoms. The van der Waals surface area contributed by atoms with E-state index in [1.54, 1.807) is 12.3 Å². The van der Waals surface area contributed by atoms with Gasteiger partial charge in [-0.2, -0.15) is 0 Å². The molecule has 0 radical (unpaired) electrons. The zero-order valence-electron chi connectivity index (χ0n) is 10.9. The maximum atomic E-state index is 12.0. The van der Waals surface area contributed by atoms with E-state index >= 15 is 0 Å². The zero-order chi connectivity index (χ0) is 13.0. The molecule has 2 heterocycles. The minimum atomic E-state index is -0.0849. The smallest absolute Gasteiger partial charge is 0.270 e. The van der Waals surface area contributed by atoms with Crippen molar-refractivity contribution in [3.05, 3.63) is 24.0 Å². The summed E-state index contributed by atoms with van der Waals surface area (Å²) >= 11 is 0. The second-order valence-corrected chi connectivity index (χ2v) is 4.68. The number of likely N-dealkylation sites (N-methyl/N-ethyl adjacent to an activating group) is 1. The Morgan fingerprint density at radius 2 is 2.39 bits per heavy atom. The molecule has 0 aromatic carbocycles. The van der Waals surface area contributed by atoms with E-state index in [0.29, 0.717) is 5.69 Å². The van der Waals surface area contributed by atoms with Crippen molar-refractivity contribution in [3.8, 4) is 0 Å². The number of likely N-dealkylation sites (tertiary alicyclic amines) is 1. The molecule has 1 aliphatic heterocycles. The van der Waals surface area contributed by atoms with Gasteiger partial charge >= 0.3 is 0 Å². The lowest BCUT2D eigenvalue weighted by atomic mass is 10.2. The van der Waals surface area contributed by atoms with Crippen molar-refractivity contribution in [1.82, 2.24) is 15.2 Å². The fourth-order valence-electron chi connectivity index (χ4n) is 2.15. The molecule has 1 amide bonds. The van der Waals surface area contributed by atoms with Gasteiger partial charge in [0.25, 0.3) is 5.91 Å². The predicted molar refractivity (Wildman–Crippen MR) is 71.8 cm³/mol. The lowest BCUT2D eigenvalue weighted by Crippen LogP contribution is -2.36. The molecule has 2 rings (SSSR count). The number of amides is 1. The van der Waals surface area contributed by atoms with Crippen LogP contribution < -0.4 is 10.6 Å². The average Bonchev–Trinajstić information content (AvgIpc) is 2.76. The van der Waals surface area contributed by atoms with Gasteiger partial charge in [-0.15, -0.1) is 0 Å². The summed E-state index contributed by atoms with van der Waals surface area (Å²) in [7, 11) is 2.07. The quantitative estimate of drug-likeness (QED) is 0.833. The molecule has 0 spiro atoms. The maximum absolute atomic E-state index is 12.0. The van der Waals surface area contributed by atoms with Gasteiger partial charge in [-0.1, -0.05) is 0 Å². The molecule has 18 heavy (non-hydrogen) atoms. The number of hydrogen-bond acceptors (Lipinski definition) is 4. The summed E-state index contributed by atoms with van der Waals surface area (Å²) in [5, 5.41) is 6.17. The molecule has 1 unspecified atom stereocenters. The van der Waals surface area contributed by atoms with Crippen LogP contribution >= 0.6 is 0 Å². The number of rotatable bonds is 4. The molecular weight excluding hydrogens is 228 g/mol. The number of nitrogens with zero attached hydrogens (tertiary/aromatic N) is 2. The largest absolute Gasteiger partial charge is 0.384 e. The van der Waals surface area contributed by atoms with Gasteiger partial charge in [0.2, 0.25) is 0 Å². The van der Waals surface area contributed by atoms with E-state index in [2.05, 4.69) is 27.6 Å². The summed E-state index contributed by atoms with van der Waals surface area (Å²) in [4.78, 5) is 18.3. The van der Waals surface area contributed by atoms with E-state index in [0.717, 1.165) is 31.7 Å². The zero-order valence-corrected chi connectivity index (χ0v) is 10.9. The van der Waals surface area contributed by atoms with Gasteiger partial charge in [-0.3, -0.25) is 4.79 Å². The first-order valence-electron chi connectivity index (χ1n) is 6.38. The molecule has 1 aliphatic rings. The molecule has 1 aromatic rings. The van der Waals surface area contributed by atoms with Crippen molar-refractivity contribution in [2.24, 2.45) is 0 Å². The fourth-order valence-corrected chi connectivity index (χ4v) is 2.15. The Morgan fingerprint density at radius 3 is 2.94 bits per heavy atom. The van der Waals surface area contributed by atoms with Gasteiger partial charge < -0.3 is 15.5 Å². The van der Waals surface area contributed by atoms with Crippen LogP contribution in [0.3, 0.4) is 0 Å². The van der Waals surface area contributed by atoms with Crippen molar-refractivity contribution >= 4 is 11.6 Å². The molecule has 1 fully saturated rings. The summed E-state index contributed by atoms with van der Waals surface area (Å²) < 4.78 is 0. The highest BCUT2D eigenvalue weighted by Crippen LogP contribution is 2.09. The molecule has 98 valence electrons. The standard InChI is InChI=1S/C13H20N4O/c1-3-14-10-4-5-12(15-8-10)13(18)16-11-6-7-17(2)9-11/h4-5,8,11,14H,3,6-7,9H2,1-2H3,(H,16,18). The van der Waals surface area contributed by atoms with Crippen LogP contribution in [0.5, 0.6) is 0 Å². The van der Waals surface area contributed by atoms with Gasteiger partial charge in [0.05, 0.1) is 11.9 Å². The van der Waals surface area contributed by atoms with Crippen LogP contribution in [0.1, 0.15) is 23.8 Å². The van der Waals surface area contributed by atoms with Crippen molar-refractivity contribution < 1.29 is 4.79 Å². The summed E-state index contributed by atoms with van der Waals surface area (Å²) in [6.45, 7) is 4.83. The molecule has 1 atom stereocenters. The molecule has 0 aliphatic carbocycles. The van der Waals surface area contributed by atoms with Crippen LogP contribution in [-0.4, -0.2) is 48.5 Å². The normalized spacial score (nSPS) is 19.8. The highest BCUT2D eigenvalue weighted by molar-refractivity contribution is 5.92. The molecule has 0 saturated carbocycles. The first-order valence-corrected chi connectivity index (χ1v) is 6.38. The third kappa shape index (κ3) is 3.20. The van der Waals surface area contributed by atoms with Crippen molar-refractivity contribution in [1.29, 1.82) is 0 Å². The van der Waals surface area contributed by atoms with E-state index in [9.17, 15) is 4.79 Å². The minimum absolute atomic E-state index is 0.0849. The topological polar surface area (TPSA) is 57.3 Å². The number of anilines is 1. The first kappa shape index (κ1) is 12.8. The number of hydrogen-bond donors (Lipinski definition) is 2. The summed E-state index contributed by atoms with van der Waals surface area (Å²) in [6, 6.07) is 3.88. The van der Waals surface area contributed by atoms with E-state index in [1.165, 1.54) is 0 Å². The van der Waals surface area contributed by atoms with Crippen LogP contribution in [0.25, 0.3) is 0 Å². The fraction of sp³-hybridized carbons (Fsp3) is 0.538. The SMILES string of the molecule is CCNc1ccc(C(=O)NC2CCN(C)C2)nc1. The highest BCUT2D eigenvalue weighted by atomic mass is 16.1. The van der Waals surface area contributed by atoms with Crippen LogP contribution in [0, 0.1) is 0 Å². The maximum Gasteiger partial charge on any atom is 0.270 e. The molecule has 1 saturated heterocycles. The van der Waals surface area contributed by atoms with Crippen LogP contribution in [0.4, 0.5) is 5.69 Å². The number of nitrogens with one attached hydrogen (secondary N) is 2. The number of pyridine rings is 1. The Labute approximate surface area is 108 Å². The van der Waals surface area contributed by atoms with Crippen LogP contribution in [-0.2, 0) is 0 Å². The van der Waals surface area contributed by atoms with Crippen molar-refractivity contribution in [2.45, 2.75) is 19.4 Å². The first-order chi connectivity index (χ1) is 8.69. The number of carbonyl (C=O) groups excluding carboxylic acids is 1. The Kier molecular flexibility index (Phi) is 4.15. The summed E-state index contributed by atoms with van der Waals surface area (Å²) in [5.41, 5.74) is 1.42. The Balaban J connectivity index is 1.92. The average molecular weight is 248 g/mol. The van der Waals surface area contributed by atoms with E-state index < -0.39 is 0 Å². The van der Waals surface area contributed by atoms with Gasteiger partial charge in [-0.05, 0) is 39.1 Å². The van der Waals surface area contributed by atoms with Crippen LogP contribution in [0.15, 0.2) is 18.3 Å². The van der Waals surface area contributed by atoms with Crippen molar-refractivity contribution in [3.63, 3.8) is 0 Å². The predicted octanol–water partition coefficient (Wildman–Crippen LogP) is 0.947. The lowest BCUT2D eigenvalue weighted by Gasteiger charge is -2.12. The number of aromatic nitrogens is 1. The minimum Gasteiger partial charge on any atom is -0.384 e. The van der Waals surface area contributed by atoms with E-state index in [4.69, 9.17) is 0 Å².